The molecule has 0 saturated heterocycles. The standard InChI is InChI=1S/C46H47N3S/c1-34(35-17-6-2-7-18-35)31-40(33-47)50(37-21-10-4-11-22-37,38-23-12-5-13-24-38)39-29-30-45-42(32-39)41-25-14-15-27-44(41)49(45)46-28-16-26-43(48-46)36-19-8-3-9-20-36/h2,4-8,10,12,14-21,23,25-27,29-33,43,46,48H,3,9,11,13,22,24,28,47H2,1H3/b34-31+,40-33+. The van der Waals surface area contributed by atoms with Crippen molar-refractivity contribution in [1.82, 2.24) is 9.88 Å². The van der Waals surface area contributed by atoms with Crippen LogP contribution in [0.1, 0.15) is 63.6 Å². The van der Waals surface area contributed by atoms with Crippen molar-refractivity contribution in [3.05, 3.63) is 178 Å². The topological polar surface area (TPSA) is 43.0 Å². The molecule has 4 aromatic rings. The fourth-order valence-corrected chi connectivity index (χ4v) is 12.6. The molecule has 0 bridgehead atoms. The maximum atomic E-state index is 6.81. The Balaban J connectivity index is 1.34. The van der Waals surface area contributed by atoms with E-state index in [4.69, 9.17) is 5.73 Å². The van der Waals surface area contributed by atoms with Crippen LogP contribution in [0.5, 0.6) is 0 Å². The summed E-state index contributed by atoms with van der Waals surface area (Å²) in [5.41, 5.74) is 13.2. The van der Waals surface area contributed by atoms with Gasteiger partial charge in [0.05, 0.1) is 23.2 Å². The first-order valence-corrected chi connectivity index (χ1v) is 19.8. The number of rotatable bonds is 8. The van der Waals surface area contributed by atoms with E-state index in [0.29, 0.717) is 0 Å². The highest BCUT2D eigenvalue weighted by Gasteiger charge is 2.38. The number of nitrogens with one attached hydrogen (secondary N) is 1. The Bertz CT molecular complexity index is 2170. The molecule has 50 heavy (non-hydrogen) atoms. The third-order valence-corrected chi connectivity index (χ3v) is 14.8. The third kappa shape index (κ3) is 5.81. The van der Waals surface area contributed by atoms with E-state index in [9.17, 15) is 0 Å². The maximum absolute atomic E-state index is 6.81. The smallest absolute Gasteiger partial charge is 0.0887 e. The molecule has 4 heteroatoms. The Hall–Kier alpha value is -4.77. The molecule has 2 atom stereocenters. The summed E-state index contributed by atoms with van der Waals surface area (Å²) >= 11 is 0. The molecule has 2 unspecified atom stereocenters. The summed E-state index contributed by atoms with van der Waals surface area (Å²) in [6, 6.07) is 27.3. The van der Waals surface area contributed by atoms with Gasteiger partial charge in [-0.05, 0) is 109 Å². The van der Waals surface area contributed by atoms with Crippen molar-refractivity contribution in [2.24, 2.45) is 5.73 Å². The first-order chi connectivity index (χ1) is 24.7. The fraction of sp³-hybridized carbons (Fsp3) is 0.217. The lowest BCUT2D eigenvalue weighted by atomic mass is 9.97. The molecule has 252 valence electrons. The van der Waals surface area contributed by atoms with Crippen LogP contribution in [0.15, 0.2) is 177 Å². The number of aromatic nitrogens is 1. The average molecular weight is 674 g/mol. The monoisotopic (exact) mass is 673 g/mol. The lowest BCUT2D eigenvalue weighted by molar-refractivity contribution is 0.399. The average Bonchev–Trinajstić information content (AvgIpc) is 3.53. The predicted molar refractivity (Wildman–Crippen MR) is 217 cm³/mol. The zero-order chi connectivity index (χ0) is 33.9. The summed E-state index contributed by atoms with van der Waals surface area (Å²) in [4.78, 5) is 5.53. The Kier molecular flexibility index (Phi) is 9.23. The van der Waals surface area contributed by atoms with Crippen LogP contribution >= 0.6 is 10.0 Å². The fourth-order valence-electron chi connectivity index (χ4n) is 8.25. The van der Waals surface area contributed by atoms with Gasteiger partial charge >= 0.3 is 0 Å². The van der Waals surface area contributed by atoms with Crippen LogP contribution < -0.4 is 11.1 Å². The Morgan fingerprint density at radius 2 is 1.54 bits per heavy atom. The molecule has 2 heterocycles. The number of fused-ring (bicyclic) bond motifs is 3. The van der Waals surface area contributed by atoms with Gasteiger partial charge in [-0.15, -0.1) is 10.0 Å². The molecular weight excluding hydrogens is 627 g/mol. The molecule has 0 amide bonds. The zero-order valence-electron chi connectivity index (χ0n) is 29.0. The molecule has 0 radical (unpaired) electrons. The minimum absolute atomic E-state index is 0.153. The van der Waals surface area contributed by atoms with E-state index in [1.807, 2.05) is 6.20 Å². The molecule has 3 aliphatic carbocycles. The molecule has 3 N–H and O–H groups in total. The van der Waals surface area contributed by atoms with E-state index in [-0.39, 0.29) is 12.2 Å². The van der Waals surface area contributed by atoms with E-state index < -0.39 is 10.0 Å². The number of hydrogen-bond donors (Lipinski definition) is 2. The summed E-state index contributed by atoms with van der Waals surface area (Å²) in [7, 11) is -1.84. The molecule has 8 rings (SSSR count). The number of allylic oxidation sites excluding steroid dienone is 12. The van der Waals surface area contributed by atoms with Crippen LogP contribution in [0.25, 0.3) is 27.4 Å². The zero-order valence-corrected chi connectivity index (χ0v) is 29.8. The lowest BCUT2D eigenvalue weighted by Crippen LogP contribution is -2.38. The number of benzene rings is 3. The maximum Gasteiger partial charge on any atom is 0.0887 e. The SMILES string of the molecule is C/C(=C\C(=C/N)S(C1=CC=CCC1)(C1=CC=CCC1)c1ccc2c(c1)c1ccccc1n2C1CC=CC(C2=CCCC=C2)N1)c1ccccc1. The van der Waals surface area contributed by atoms with Crippen LogP contribution in [0.3, 0.4) is 0 Å². The lowest BCUT2D eigenvalue weighted by Gasteiger charge is -2.47. The van der Waals surface area contributed by atoms with Crippen molar-refractivity contribution in [2.45, 2.75) is 69.0 Å². The van der Waals surface area contributed by atoms with Gasteiger partial charge in [0.15, 0.2) is 0 Å². The number of para-hydroxylation sites is 1. The van der Waals surface area contributed by atoms with Crippen LogP contribution in [-0.2, 0) is 0 Å². The van der Waals surface area contributed by atoms with Crippen molar-refractivity contribution in [2.75, 3.05) is 0 Å². The Morgan fingerprint density at radius 1 is 0.800 bits per heavy atom. The summed E-state index contributed by atoms with van der Waals surface area (Å²) in [6.45, 7) is 2.22. The van der Waals surface area contributed by atoms with Gasteiger partial charge in [0, 0.05) is 26.8 Å². The molecule has 4 aliphatic rings. The second-order valence-corrected chi connectivity index (χ2v) is 16.9. The van der Waals surface area contributed by atoms with Crippen molar-refractivity contribution in [1.29, 1.82) is 0 Å². The second kappa shape index (κ2) is 14.2. The summed E-state index contributed by atoms with van der Waals surface area (Å²) in [5.74, 6) is 0. The summed E-state index contributed by atoms with van der Waals surface area (Å²) in [5, 5.41) is 6.62. The van der Waals surface area contributed by atoms with E-state index in [0.717, 1.165) is 44.9 Å². The van der Waals surface area contributed by atoms with Crippen molar-refractivity contribution >= 4 is 37.4 Å². The minimum Gasteiger partial charge on any atom is -0.404 e. The number of nitrogens with two attached hydrogens (primary N) is 1. The summed E-state index contributed by atoms with van der Waals surface area (Å²) < 4.78 is 2.55. The van der Waals surface area contributed by atoms with Crippen LogP contribution in [0, 0.1) is 0 Å². The summed E-state index contributed by atoms with van der Waals surface area (Å²) in [6.07, 6.45) is 37.4. The molecule has 3 aromatic carbocycles. The van der Waals surface area contributed by atoms with E-state index in [2.05, 4.69) is 163 Å². The van der Waals surface area contributed by atoms with E-state index in [1.54, 1.807) is 0 Å². The van der Waals surface area contributed by atoms with Crippen molar-refractivity contribution in [3.63, 3.8) is 0 Å². The van der Waals surface area contributed by atoms with Gasteiger partial charge in [-0.3, -0.25) is 5.32 Å². The molecule has 0 spiro atoms. The third-order valence-electron chi connectivity index (χ3n) is 10.6. The molecule has 0 fully saturated rings. The quantitative estimate of drug-likeness (QED) is 0.144. The van der Waals surface area contributed by atoms with Crippen LogP contribution in [-0.4, -0.2) is 10.6 Å². The molecule has 1 aliphatic heterocycles. The van der Waals surface area contributed by atoms with Crippen molar-refractivity contribution in [3.8, 4) is 0 Å². The number of nitrogens with zero attached hydrogens (tertiary/aromatic N) is 1. The highest BCUT2D eigenvalue weighted by atomic mass is 32.3. The highest BCUT2D eigenvalue weighted by Crippen LogP contribution is 2.76. The van der Waals surface area contributed by atoms with Gasteiger partial charge < -0.3 is 10.3 Å². The van der Waals surface area contributed by atoms with E-state index >= 15 is 0 Å². The van der Waals surface area contributed by atoms with Gasteiger partial charge in [-0.2, -0.15) is 0 Å². The number of hydrogen-bond acceptors (Lipinski definition) is 2. The second-order valence-electron chi connectivity index (χ2n) is 13.6. The molecule has 0 saturated carbocycles. The van der Waals surface area contributed by atoms with Gasteiger partial charge in [0.2, 0.25) is 0 Å². The van der Waals surface area contributed by atoms with Gasteiger partial charge in [0.1, 0.15) is 0 Å². The van der Waals surface area contributed by atoms with E-state index in [1.165, 1.54) is 58.1 Å². The first kappa shape index (κ1) is 32.4. The minimum atomic E-state index is -1.84. The normalized spacial score (nSPS) is 21.7. The van der Waals surface area contributed by atoms with Gasteiger partial charge in [0.25, 0.3) is 0 Å². The largest absolute Gasteiger partial charge is 0.404 e. The molecular formula is C46H47N3S. The molecule has 1 aromatic heterocycles. The Morgan fingerprint density at radius 3 is 2.24 bits per heavy atom. The first-order valence-electron chi connectivity index (χ1n) is 18.2. The van der Waals surface area contributed by atoms with Gasteiger partial charge in [-0.25, -0.2) is 0 Å². The van der Waals surface area contributed by atoms with Crippen LogP contribution in [0.4, 0.5) is 0 Å². The highest BCUT2D eigenvalue weighted by molar-refractivity contribution is 8.42. The molecule has 3 nitrogen and oxygen atoms in total. The predicted octanol–water partition coefficient (Wildman–Crippen LogP) is 12.0. The van der Waals surface area contributed by atoms with Gasteiger partial charge in [-0.1, -0.05) is 115 Å². The van der Waals surface area contributed by atoms with Crippen LogP contribution in [0.2, 0.25) is 0 Å². The van der Waals surface area contributed by atoms with Crippen molar-refractivity contribution < 1.29 is 0 Å². The Labute approximate surface area is 298 Å².